The maximum absolute atomic E-state index is 11.9. The number of Topliss-reactive ketones (excluding diaryl/α,β-unsaturated/α-hetero) is 1. The van der Waals surface area contributed by atoms with Gasteiger partial charge in [-0.15, -0.1) is 0 Å². The molecule has 0 spiro atoms. The number of furan rings is 1. The Morgan fingerprint density at radius 2 is 2.12 bits per heavy atom. The summed E-state index contributed by atoms with van der Waals surface area (Å²) in [5, 5.41) is 0. The van der Waals surface area contributed by atoms with Gasteiger partial charge in [0.05, 0.1) is 12.7 Å². The number of carbonyl (C=O) groups is 2. The lowest BCUT2D eigenvalue weighted by atomic mass is 9.76. The third-order valence-electron chi connectivity index (χ3n) is 2.83. The van der Waals surface area contributed by atoms with Crippen LogP contribution in [0.5, 0.6) is 0 Å². The van der Waals surface area contributed by atoms with Gasteiger partial charge in [0, 0.05) is 12.8 Å². The van der Waals surface area contributed by atoms with Gasteiger partial charge < -0.3 is 9.15 Å². The smallest absolute Gasteiger partial charge is 0.341 e. The first-order valence-corrected chi connectivity index (χ1v) is 5.16. The zero-order chi connectivity index (χ0) is 11.9. The zero-order valence-corrected chi connectivity index (χ0v) is 9.62. The molecule has 1 heterocycles. The second-order valence-electron chi connectivity index (χ2n) is 4.88. The topological polar surface area (TPSA) is 56.5 Å². The van der Waals surface area contributed by atoms with Crippen molar-refractivity contribution in [3.8, 4) is 0 Å². The van der Waals surface area contributed by atoms with Gasteiger partial charge in [0.1, 0.15) is 17.6 Å². The van der Waals surface area contributed by atoms with Crippen LogP contribution in [-0.4, -0.2) is 18.9 Å². The molecule has 0 saturated heterocycles. The largest absolute Gasteiger partial charge is 0.468 e. The first-order valence-electron chi connectivity index (χ1n) is 5.16. The molecule has 0 radical (unpaired) electrons. The Hall–Kier alpha value is -1.58. The molecule has 0 aromatic carbocycles. The molecule has 0 fully saturated rings. The first kappa shape index (κ1) is 10.9. The second kappa shape index (κ2) is 3.47. The summed E-state index contributed by atoms with van der Waals surface area (Å²) >= 11 is 0. The minimum atomic E-state index is -0.516. The summed E-state index contributed by atoms with van der Waals surface area (Å²) in [5.74, 6) is 0.0418. The Kier molecular flexibility index (Phi) is 2.37. The molecule has 0 N–H and O–H groups in total. The summed E-state index contributed by atoms with van der Waals surface area (Å²) in [4.78, 5) is 23.4. The van der Waals surface area contributed by atoms with E-state index in [1.54, 1.807) is 0 Å². The molecule has 1 aromatic heterocycles. The van der Waals surface area contributed by atoms with Crippen LogP contribution in [0.25, 0.3) is 0 Å². The van der Waals surface area contributed by atoms with Gasteiger partial charge in [0.15, 0.2) is 5.78 Å². The van der Waals surface area contributed by atoms with Crippen molar-refractivity contribution in [3.63, 3.8) is 0 Å². The van der Waals surface area contributed by atoms with Gasteiger partial charge >= 0.3 is 5.97 Å². The van der Waals surface area contributed by atoms with E-state index in [0.29, 0.717) is 24.2 Å². The lowest BCUT2D eigenvalue weighted by Gasteiger charge is -2.27. The fourth-order valence-corrected chi connectivity index (χ4v) is 2.11. The van der Waals surface area contributed by atoms with Gasteiger partial charge in [0.25, 0.3) is 0 Å². The number of hydrogen-bond acceptors (Lipinski definition) is 4. The van der Waals surface area contributed by atoms with E-state index in [9.17, 15) is 9.59 Å². The molecular formula is C12H14O4. The van der Waals surface area contributed by atoms with Crippen molar-refractivity contribution < 1.29 is 18.7 Å². The molecule has 1 aliphatic carbocycles. The second-order valence-corrected chi connectivity index (χ2v) is 4.88. The fraction of sp³-hybridized carbons (Fsp3) is 0.500. The van der Waals surface area contributed by atoms with Crippen molar-refractivity contribution in [2.75, 3.05) is 7.11 Å². The Morgan fingerprint density at radius 3 is 2.75 bits per heavy atom. The number of ether oxygens (including phenoxy) is 1. The van der Waals surface area contributed by atoms with E-state index in [-0.39, 0.29) is 16.8 Å². The van der Waals surface area contributed by atoms with Crippen LogP contribution in [0.1, 0.15) is 46.7 Å². The molecule has 4 nitrogen and oxygen atoms in total. The van der Waals surface area contributed by atoms with Crippen molar-refractivity contribution in [2.45, 2.75) is 26.7 Å². The molecule has 0 atom stereocenters. The summed E-state index contributed by atoms with van der Waals surface area (Å²) in [5.41, 5.74) is 0.555. The van der Waals surface area contributed by atoms with E-state index in [1.807, 2.05) is 13.8 Å². The van der Waals surface area contributed by atoms with E-state index in [1.165, 1.54) is 13.4 Å². The summed E-state index contributed by atoms with van der Waals surface area (Å²) in [6.07, 6.45) is 2.42. The molecule has 1 aliphatic rings. The van der Waals surface area contributed by atoms with Crippen LogP contribution in [-0.2, 0) is 11.2 Å². The number of methoxy groups -OCH3 is 1. The van der Waals surface area contributed by atoms with E-state index < -0.39 is 5.97 Å². The van der Waals surface area contributed by atoms with Crippen molar-refractivity contribution in [1.82, 2.24) is 0 Å². The monoisotopic (exact) mass is 222 g/mol. The van der Waals surface area contributed by atoms with Crippen LogP contribution in [0, 0.1) is 5.41 Å². The number of fused-ring (bicyclic) bond motifs is 1. The highest BCUT2D eigenvalue weighted by Gasteiger charge is 2.36. The Morgan fingerprint density at radius 1 is 1.44 bits per heavy atom. The van der Waals surface area contributed by atoms with Gasteiger partial charge in [-0.05, 0) is 5.41 Å². The average Bonchev–Trinajstić information content (AvgIpc) is 2.58. The standard InChI is InChI=1S/C12H14O4/c1-12(2)4-8(13)10-7(11(14)15-3)6-16-9(10)5-12/h6H,4-5H2,1-3H3. The van der Waals surface area contributed by atoms with Crippen molar-refractivity contribution in [1.29, 1.82) is 0 Å². The summed E-state index contributed by atoms with van der Waals surface area (Å²) in [7, 11) is 1.29. The van der Waals surface area contributed by atoms with Crippen LogP contribution in [0.4, 0.5) is 0 Å². The summed E-state index contributed by atoms with van der Waals surface area (Å²) < 4.78 is 9.90. The van der Waals surface area contributed by atoms with Gasteiger partial charge in [0.2, 0.25) is 0 Å². The normalized spacial score (nSPS) is 18.1. The quantitative estimate of drug-likeness (QED) is 0.683. The van der Waals surface area contributed by atoms with Gasteiger partial charge in [-0.3, -0.25) is 4.79 Å². The van der Waals surface area contributed by atoms with E-state index >= 15 is 0 Å². The maximum Gasteiger partial charge on any atom is 0.341 e. The lowest BCUT2D eigenvalue weighted by Crippen LogP contribution is -2.27. The fourth-order valence-electron chi connectivity index (χ4n) is 2.11. The molecule has 16 heavy (non-hydrogen) atoms. The van der Waals surface area contributed by atoms with E-state index in [4.69, 9.17) is 4.42 Å². The van der Waals surface area contributed by atoms with Crippen LogP contribution in [0.15, 0.2) is 10.7 Å². The van der Waals surface area contributed by atoms with Crippen molar-refractivity contribution in [2.24, 2.45) is 5.41 Å². The van der Waals surface area contributed by atoms with Crippen LogP contribution in [0.3, 0.4) is 0 Å². The Labute approximate surface area is 93.6 Å². The third kappa shape index (κ3) is 1.64. The number of carbonyl (C=O) groups excluding carboxylic acids is 2. The first-order chi connectivity index (χ1) is 7.44. The molecular weight excluding hydrogens is 208 g/mol. The molecule has 86 valence electrons. The molecule has 2 rings (SSSR count). The maximum atomic E-state index is 11.9. The van der Waals surface area contributed by atoms with Crippen LogP contribution in [0.2, 0.25) is 0 Å². The molecule has 0 unspecified atom stereocenters. The molecule has 0 aliphatic heterocycles. The minimum absolute atomic E-state index is 0.0413. The van der Waals surface area contributed by atoms with E-state index in [2.05, 4.69) is 4.74 Å². The van der Waals surface area contributed by atoms with Crippen molar-refractivity contribution in [3.05, 3.63) is 23.2 Å². The Bertz CT molecular complexity index is 454. The number of ketones is 1. The summed E-state index contributed by atoms with van der Waals surface area (Å²) in [6.45, 7) is 4.02. The van der Waals surface area contributed by atoms with E-state index in [0.717, 1.165) is 0 Å². The SMILES string of the molecule is COC(=O)c1coc2c1C(=O)CC(C)(C)C2. The highest BCUT2D eigenvalue weighted by atomic mass is 16.5. The predicted molar refractivity (Wildman–Crippen MR) is 56.5 cm³/mol. The molecule has 0 amide bonds. The zero-order valence-electron chi connectivity index (χ0n) is 9.62. The number of hydrogen-bond donors (Lipinski definition) is 0. The van der Waals surface area contributed by atoms with Gasteiger partial charge in [-0.2, -0.15) is 0 Å². The molecule has 0 bridgehead atoms. The summed E-state index contributed by atoms with van der Waals surface area (Å²) in [6, 6.07) is 0. The Balaban J connectivity index is 2.48. The molecule has 4 heteroatoms. The predicted octanol–water partition coefficient (Wildman–Crippen LogP) is 2.22. The van der Waals surface area contributed by atoms with Crippen LogP contribution >= 0.6 is 0 Å². The molecule has 1 aromatic rings. The number of esters is 1. The molecule has 0 saturated carbocycles. The van der Waals surface area contributed by atoms with Crippen molar-refractivity contribution >= 4 is 11.8 Å². The van der Waals surface area contributed by atoms with Gasteiger partial charge in [-0.1, -0.05) is 13.8 Å². The average molecular weight is 222 g/mol. The lowest BCUT2D eigenvalue weighted by molar-refractivity contribution is 0.0595. The number of rotatable bonds is 1. The van der Waals surface area contributed by atoms with Gasteiger partial charge in [-0.25, -0.2) is 4.79 Å². The minimum Gasteiger partial charge on any atom is -0.468 e. The highest BCUT2D eigenvalue weighted by molar-refractivity contribution is 6.07. The highest BCUT2D eigenvalue weighted by Crippen LogP contribution is 2.37. The van der Waals surface area contributed by atoms with Crippen LogP contribution < -0.4 is 0 Å². The third-order valence-corrected chi connectivity index (χ3v) is 2.83.